The lowest BCUT2D eigenvalue weighted by atomic mass is 15.7. The van der Waals surface area contributed by atoms with Gasteiger partial charge in [-0.3, -0.25) is 14.2 Å². The van der Waals surface area contributed by atoms with Gasteiger partial charge in [-0.1, -0.05) is 0 Å². The quantitative estimate of drug-likeness (QED) is 0.523. The van der Waals surface area contributed by atoms with Crippen molar-refractivity contribution in [2.75, 3.05) is 0 Å². The largest absolute Gasteiger partial charge is 0.787 e. The van der Waals surface area contributed by atoms with Gasteiger partial charge in [0.1, 0.15) is 0 Å². The van der Waals surface area contributed by atoms with Crippen LogP contribution >= 0.6 is 24.1 Å². The van der Waals surface area contributed by atoms with E-state index in [2.05, 4.69) is 24.0 Å². The lowest BCUT2D eigenvalue weighted by Crippen LogP contribution is -2.03. The Labute approximate surface area is 60.4 Å². The van der Waals surface area contributed by atoms with Gasteiger partial charge in [-0.15, -0.1) is 0 Å². The summed E-state index contributed by atoms with van der Waals surface area (Å²) in [5.41, 5.74) is 0. The maximum absolute atomic E-state index is 10.0. The van der Waals surface area contributed by atoms with Crippen LogP contribution in [-0.4, -0.2) is 19.0 Å². The molecule has 0 aliphatic carbocycles. The predicted octanol–water partition coefficient (Wildman–Crippen LogP) is -0.162. The SMILES string of the molecule is O=[Si](OBr)OP(=O)(O)O. The Balaban J connectivity index is 3.75. The van der Waals surface area contributed by atoms with Gasteiger partial charge in [0.15, 0.2) is 16.3 Å². The van der Waals surface area contributed by atoms with Gasteiger partial charge in [0.2, 0.25) is 0 Å². The smallest absolute Gasteiger partial charge is 0.419 e. The van der Waals surface area contributed by atoms with Crippen molar-refractivity contribution in [1.82, 2.24) is 0 Å². The van der Waals surface area contributed by atoms with Gasteiger partial charge in [0.25, 0.3) is 0 Å². The van der Waals surface area contributed by atoms with Crippen molar-refractivity contribution in [3.8, 4) is 0 Å². The lowest BCUT2D eigenvalue weighted by molar-refractivity contribution is 0.255. The molecule has 9 heavy (non-hydrogen) atoms. The third-order valence-electron chi connectivity index (χ3n) is 0.256. The van der Waals surface area contributed by atoms with Crippen molar-refractivity contribution in [2.45, 2.75) is 0 Å². The molecule has 2 N–H and O–H groups in total. The van der Waals surface area contributed by atoms with Crippen molar-refractivity contribution >= 4 is 33.3 Å². The molecular weight excluding hydrogens is 235 g/mol. The van der Waals surface area contributed by atoms with E-state index in [1.807, 2.05) is 0 Å². The van der Waals surface area contributed by atoms with E-state index in [9.17, 15) is 9.03 Å². The van der Waals surface area contributed by atoms with Crippen LogP contribution in [0.1, 0.15) is 0 Å². The number of halogens is 1. The van der Waals surface area contributed by atoms with Crippen LogP contribution in [0.4, 0.5) is 0 Å². The summed E-state index contributed by atoms with van der Waals surface area (Å²) in [4.78, 5) is 15.9. The summed E-state index contributed by atoms with van der Waals surface area (Å²) >= 11 is 2.23. The number of hydrogen-bond acceptors (Lipinski definition) is 4. The molecule has 0 saturated heterocycles. The number of phosphoric acid groups is 1. The number of hydrogen-bond donors (Lipinski definition) is 2. The minimum Gasteiger partial charge on any atom is -0.419 e. The zero-order valence-corrected chi connectivity index (χ0v) is 7.33. The fraction of sp³-hybridized carbons (Fsp3) is 0. The van der Waals surface area contributed by atoms with E-state index in [4.69, 9.17) is 9.79 Å². The molecule has 54 valence electrons. The van der Waals surface area contributed by atoms with Gasteiger partial charge in [-0.05, 0) is 0 Å². The van der Waals surface area contributed by atoms with Crippen LogP contribution in [0.5, 0.6) is 0 Å². The van der Waals surface area contributed by atoms with Crippen molar-refractivity contribution < 1.29 is 26.5 Å². The third kappa shape index (κ3) is 6.13. The van der Waals surface area contributed by atoms with Gasteiger partial charge in [-0.2, -0.15) is 0 Å². The molecule has 0 radical (unpaired) electrons. The molecule has 0 bridgehead atoms. The van der Waals surface area contributed by atoms with Crippen molar-refractivity contribution in [1.29, 1.82) is 0 Å². The molecule has 9 heteroatoms. The maximum atomic E-state index is 10.0. The summed E-state index contributed by atoms with van der Waals surface area (Å²) < 4.78 is 27.1. The first kappa shape index (κ1) is 9.25. The first-order chi connectivity index (χ1) is 3.95. The molecule has 0 atom stereocenters. The van der Waals surface area contributed by atoms with E-state index in [1.54, 1.807) is 0 Å². The van der Waals surface area contributed by atoms with Crippen LogP contribution in [-0.2, 0) is 16.8 Å². The summed E-state index contributed by atoms with van der Waals surface area (Å²) in [7, 11) is -7.74. The van der Waals surface area contributed by atoms with E-state index in [1.165, 1.54) is 0 Å². The molecule has 0 aromatic rings. The molecule has 0 saturated carbocycles. The van der Waals surface area contributed by atoms with Gasteiger partial charge in [0, 0.05) is 0 Å². The Hall–Kier alpha value is 0.247. The molecule has 0 heterocycles. The first-order valence-corrected chi connectivity index (χ1v) is 4.93. The monoisotopic (exact) mass is 236 g/mol. The van der Waals surface area contributed by atoms with Crippen molar-refractivity contribution in [3.63, 3.8) is 0 Å². The fourth-order valence-corrected chi connectivity index (χ4v) is 1.53. The van der Waals surface area contributed by atoms with Gasteiger partial charge >= 0.3 is 17.0 Å². The van der Waals surface area contributed by atoms with Gasteiger partial charge < -0.3 is 7.73 Å². The van der Waals surface area contributed by atoms with Crippen LogP contribution in [0.25, 0.3) is 0 Å². The second kappa shape index (κ2) is 3.42. The second-order valence-corrected chi connectivity index (χ2v) is 4.25. The van der Waals surface area contributed by atoms with Crippen LogP contribution < -0.4 is 0 Å². The van der Waals surface area contributed by atoms with Gasteiger partial charge in [0.05, 0.1) is 0 Å². The highest BCUT2D eigenvalue weighted by atomic mass is 79.9. The molecule has 0 amide bonds. The molecular formula is H2BrO6PSi. The minimum atomic E-state index is -4.66. The lowest BCUT2D eigenvalue weighted by Gasteiger charge is -1.99. The van der Waals surface area contributed by atoms with E-state index in [-0.39, 0.29) is 0 Å². The Bertz CT molecular complexity index is 147. The average molecular weight is 237 g/mol. The molecule has 0 rings (SSSR count). The van der Waals surface area contributed by atoms with Gasteiger partial charge in [-0.25, -0.2) is 4.57 Å². The molecule has 6 nitrogen and oxygen atoms in total. The molecule has 0 aromatic carbocycles. The molecule has 0 aliphatic rings. The normalized spacial score (nSPS) is 10.6. The standard InChI is InChI=1S/BrH2O6PSi/c1-6-9(5)7-8(2,3)4/h(H2,2,3,4). The Kier molecular flexibility index (Phi) is 3.52. The zero-order valence-electron chi connectivity index (χ0n) is 3.85. The summed E-state index contributed by atoms with van der Waals surface area (Å²) in [5, 5.41) is 0. The van der Waals surface area contributed by atoms with E-state index < -0.39 is 17.0 Å². The molecule has 0 spiro atoms. The highest BCUT2D eigenvalue weighted by Crippen LogP contribution is 2.35. The summed E-state index contributed by atoms with van der Waals surface area (Å²) in [6.07, 6.45) is 0. The zero-order chi connectivity index (χ0) is 7.49. The average Bonchev–Trinajstić information content (AvgIpc) is 1.62. The molecule has 0 unspecified atom stereocenters. The van der Waals surface area contributed by atoms with E-state index in [0.717, 1.165) is 0 Å². The van der Waals surface area contributed by atoms with E-state index >= 15 is 0 Å². The summed E-state index contributed by atoms with van der Waals surface area (Å²) in [6, 6.07) is 0. The van der Waals surface area contributed by atoms with Crippen LogP contribution in [0.15, 0.2) is 0 Å². The van der Waals surface area contributed by atoms with Crippen LogP contribution in [0.2, 0.25) is 0 Å². The molecule has 0 aromatic heterocycles. The fourth-order valence-electron chi connectivity index (χ4n) is 0.111. The summed E-state index contributed by atoms with van der Waals surface area (Å²) in [6.45, 7) is 0. The number of rotatable bonds is 3. The van der Waals surface area contributed by atoms with Crippen LogP contribution in [0, 0.1) is 0 Å². The second-order valence-electron chi connectivity index (χ2n) is 0.909. The van der Waals surface area contributed by atoms with Crippen molar-refractivity contribution in [3.05, 3.63) is 0 Å². The minimum absolute atomic E-state index is 2.23. The Morgan fingerprint density at radius 3 is 2.11 bits per heavy atom. The highest BCUT2D eigenvalue weighted by Gasteiger charge is 2.24. The first-order valence-electron chi connectivity index (χ1n) is 1.53. The Morgan fingerprint density at radius 2 is 2.00 bits per heavy atom. The predicted molar refractivity (Wildman–Crippen MR) is 29.6 cm³/mol. The van der Waals surface area contributed by atoms with E-state index in [0.29, 0.717) is 0 Å². The third-order valence-corrected chi connectivity index (χ3v) is 2.72. The molecule has 0 fully saturated rings. The molecule has 0 aliphatic heterocycles. The summed E-state index contributed by atoms with van der Waals surface area (Å²) in [5.74, 6) is 0. The topological polar surface area (TPSA) is 93.1 Å². The maximum Gasteiger partial charge on any atom is 0.787 e. The highest BCUT2D eigenvalue weighted by molar-refractivity contribution is 9.06. The Morgan fingerprint density at radius 1 is 1.56 bits per heavy atom. The van der Waals surface area contributed by atoms with Crippen molar-refractivity contribution in [2.24, 2.45) is 0 Å². The van der Waals surface area contributed by atoms with Crippen LogP contribution in [0.3, 0.4) is 0 Å².